The van der Waals surface area contributed by atoms with Crippen LogP contribution in [0, 0.1) is 0 Å². The van der Waals surface area contributed by atoms with Gasteiger partial charge in [-0.3, -0.25) is 9.44 Å². The van der Waals surface area contributed by atoms with E-state index in [9.17, 15) is 30.0 Å². The molecule has 2 unspecified atom stereocenters. The van der Waals surface area contributed by atoms with Crippen LogP contribution in [0.15, 0.2) is 133 Å². The largest absolute Gasteiger partial charge is 0.416 e. The summed E-state index contributed by atoms with van der Waals surface area (Å²) >= 11 is 5.93. The molecule has 20 heteroatoms. The lowest BCUT2D eigenvalue weighted by Crippen LogP contribution is -2.22. The third-order valence-corrected chi connectivity index (χ3v) is 18.7. The molecule has 0 amide bonds. The van der Waals surface area contributed by atoms with Crippen molar-refractivity contribution in [1.82, 2.24) is 29.7 Å². The van der Waals surface area contributed by atoms with Crippen molar-refractivity contribution in [3.63, 3.8) is 0 Å². The average Bonchev–Trinajstić information content (AvgIpc) is 4.31. The molecule has 2 fully saturated rings. The molecule has 2 atom stereocenters. The minimum absolute atomic E-state index is 0.00316. The normalized spacial score (nSPS) is 17.0. The number of nitrogens with zero attached hydrogens (tertiary/aromatic N) is 6. The first-order valence-electron chi connectivity index (χ1n) is 28.0. The fourth-order valence-electron chi connectivity index (χ4n) is 11.3. The molecular formula is C61H68ClF3N10O4S2. The number of unbranched alkanes of at least 4 members (excludes halogenated alkanes) is 1. The molecule has 0 bridgehead atoms. The van der Waals surface area contributed by atoms with Gasteiger partial charge in [-0.05, 0) is 173 Å². The zero-order valence-electron chi connectivity index (χ0n) is 45.4. The molecule has 14 nitrogen and oxygen atoms in total. The monoisotopic (exact) mass is 1160 g/mol. The fraction of sp³-hybridized carbons (Fsp3) is 0.377. The minimum Gasteiger partial charge on any atom is -0.354 e. The zero-order chi connectivity index (χ0) is 56.6. The molecule has 0 spiro atoms. The third kappa shape index (κ3) is 14.3. The average molecular weight is 1160 g/mol. The van der Waals surface area contributed by atoms with E-state index in [0.717, 1.165) is 108 Å². The number of anilines is 4. The predicted octanol–water partition coefficient (Wildman–Crippen LogP) is 12.5. The number of likely N-dealkylation sites (tertiary alicyclic amines) is 2. The van der Waals surface area contributed by atoms with E-state index in [1.807, 2.05) is 67.8 Å². The van der Waals surface area contributed by atoms with Crippen molar-refractivity contribution < 1.29 is 30.0 Å². The fourth-order valence-corrected chi connectivity index (χ4v) is 14.2. The van der Waals surface area contributed by atoms with Crippen LogP contribution in [-0.4, -0.2) is 105 Å². The summed E-state index contributed by atoms with van der Waals surface area (Å²) < 4.78 is 94.6. The number of rotatable bonds is 20. The molecule has 5 aromatic carbocycles. The van der Waals surface area contributed by atoms with E-state index in [2.05, 4.69) is 76.2 Å². The van der Waals surface area contributed by atoms with Crippen molar-refractivity contribution in [3.8, 4) is 22.5 Å². The van der Waals surface area contributed by atoms with E-state index in [1.54, 1.807) is 12.1 Å². The third-order valence-electron chi connectivity index (χ3n) is 15.5. The second-order valence-electron chi connectivity index (χ2n) is 21.2. The number of aromatic nitrogens is 4. The number of alkyl halides is 3. The van der Waals surface area contributed by atoms with Gasteiger partial charge in [0.1, 0.15) is 4.90 Å². The number of sulfonamides is 2. The summed E-state index contributed by atoms with van der Waals surface area (Å²) in [5, 5.41) is 6.29. The number of hydrogen-bond donors (Lipinski definition) is 4. The molecule has 81 heavy (non-hydrogen) atoms. The Morgan fingerprint density at radius 1 is 0.605 bits per heavy atom. The summed E-state index contributed by atoms with van der Waals surface area (Å²) in [7, 11) is -7.54. The molecule has 4 aliphatic rings. The van der Waals surface area contributed by atoms with Gasteiger partial charge < -0.3 is 20.4 Å². The van der Waals surface area contributed by atoms with Gasteiger partial charge in [0.15, 0.2) is 0 Å². The van der Waals surface area contributed by atoms with E-state index in [4.69, 9.17) is 21.6 Å². The van der Waals surface area contributed by atoms with Crippen LogP contribution in [0.25, 0.3) is 22.5 Å². The highest BCUT2D eigenvalue weighted by Crippen LogP contribution is 2.44. The number of halogens is 4. The van der Waals surface area contributed by atoms with Crippen LogP contribution in [0.2, 0.25) is 5.02 Å². The first-order chi connectivity index (χ1) is 39.1. The Labute approximate surface area is 478 Å². The van der Waals surface area contributed by atoms with Crippen LogP contribution in [0.4, 0.5) is 36.4 Å². The Bertz CT molecular complexity index is 3530. The van der Waals surface area contributed by atoms with Gasteiger partial charge in [-0.15, -0.1) is 0 Å². The summed E-state index contributed by atoms with van der Waals surface area (Å²) in [4.78, 5) is 23.6. The second-order valence-corrected chi connectivity index (χ2v) is 25.1. The molecular weight excluding hydrogens is 1090 g/mol. The van der Waals surface area contributed by atoms with E-state index in [0.29, 0.717) is 42.6 Å². The van der Waals surface area contributed by atoms with Gasteiger partial charge in [-0.2, -0.15) is 13.2 Å². The smallest absolute Gasteiger partial charge is 0.354 e. The van der Waals surface area contributed by atoms with Crippen molar-refractivity contribution in [2.75, 3.05) is 78.2 Å². The lowest BCUT2D eigenvalue weighted by molar-refractivity contribution is -0.137. The number of nitrogens with one attached hydrogen (secondary N) is 4. The van der Waals surface area contributed by atoms with Crippen LogP contribution in [0.3, 0.4) is 0 Å². The highest BCUT2D eigenvalue weighted by molar-refractivity contribution is 7.93. The van der Waals surface area contributed by atoms with Crippen LogP contribution >= 0.6 is 11.6 Å². The summed E-state index contributed by atoms with van der Waals surface area (Å²) in [5.41, 5.74) is 10.6. The molecule has 0 radical (unpaired) electrons. The van der Waals surface area contributed by atoms with Crippen molar-refractivity contribution in [1.29, 1.82) is 0 Å². The number of hydrogen-bond acceptors (Lipinski definition) is 12. The van der Waals surface area contributed by atoms with Crippen LogP contribution in [0.1, 0.15) is 109 Å². The Morgan fingerprint density at radius 2 is 1.07 bits per heavy atom. The van der Waals surface area contributed by atoms with Gasteiger partial charge in [0.2, 0.25) is 21.9 Å². The van der Waals surface area contributed by atoms with Gasteiger partial charge in [0.05, 0.1) is 27.7 Å². The zero-order valence-corrected chi connectivity index (χ0v) is 47.7. The van der Waals surface area contributed by atoms with E-state index in [1.165, 1.54) is 57.4 Å². The number of benzene rings is 5. The maximum absolute atomic E-state index is 13.0. The van der Waals surface area contributed by atoms with Gasteiger partial charge in [0.25, 0.3) is 10.0 Å². The second kappa shape index (κ2) is 25.7. The maximum Gasteiger partial charge on any atom is 0.416 e. The Hall–Kier alpha value is -6.64. The van der Waals surface area contributed by atoms with Crippen molar-refractivity contribution >= 4 is 54.9 Å². The summed E-state index contributed by atoms with van der Waals surface area (Å²) in [6.45, 7) is 10.7. The molecule has 11 rings (SSSR count). The Morgan fingerprint density at radius 3 is 1.53 bits per heavy atom. The summed E-state index contributed by atoms with van der Waals surface area (Å²) in [6, 6.07) is 33.5. The van der Waals surface area contributed by atoms with E-state index >= 15 is 0 Å². The summed E-state index contributed by atoms with van der Waals surface area (Å²) in [6.07, 6.45) is 9.53. The molecule has 426 valence electrons. The highest BCUT2D eigenvalue weighted by atomic mass is 35.5. The minimum atomic E-state index is -4.63. The first-order valence-corrected chi connectivity index (χ1v) is 31.5. The summed E-state index contributed by atoms with van der Waals surface area (Å²) in [5.74, 6) is 1.61. The standard InChI is InChI=1S/C32H31ClF3N5O2S.C29H37N5O2S/c33-28-19-23(32(34,35)36)10-13-29(28)44(42,43)40-24-11-8-21(9-12-24)27-18-22-20-38-31(37-14-5-17-41-15-3-4-16-41)39-30(22)26-7-2-1-6-25(26)27;1-2-3-19-37(35,36)33-24-13-11-22(12-14-24)27-20-23-21-31-29(30-15-8-18-34-16-6-7-17-34)32-28(23)26-10-5-4-9-25(26)27/h1-2,6-13,19-20,27,40H,3-5,14-18H2,(H,37,38,39);4-5,9-14,21,27,33H,2-3,6-8,15-20H2,1H3,(H,30,31,32). The van der Waals surface area contributed by atoms with Gasteiger partial charge in [-0.1, -0.05) is 97.7 Å². The Kier molecular flexibility index (Phi) is 18.2. The first kappa shape index (κ1) is 57.6. The topological polar surface area (TPSA) is 174 Å². The van der Waals surface area contributed by atoms with Crippen molar-refractivity contribution in [2.45, 2.75) is 94.0 Å². The lowest BCUT2D eigenvalue weighted by Gasteiger charge is -2.27. The van der Waals surface area contributed by atoms with E-state index < -0.39 is 41.7 Å². The van der Waals surface area contributed by atoms with Crippen LogP contribution in [-0.2, 0) is 39.1 Å². The Balaban J connectivity index is 0.000000185. The maximum atomic E-state index is 13.0. The highest BCUT2D eigenvalue weighted by Gasteiger charge is 2.33. The van der Waals surface area contributed by atoms with Crippen molar-refractivity contribution in [2.24, 2.45) is 0 Å². The van der Waals surface area contributed by atoms with Gasteiger partial charge in [-0.25, -0.2) is 36.8 Å². The molecule has 4 N–H and O–H groups in total. The quantitative estimate of drug-likeness (QED) is 0.0533. The van der Waals surface area contributed by atoms with E-state index in [-0.39, 0.29) is 23.3 Å². The SMILES string of the molecule is CCCCS(=O)(=O)Nc1ccc(C2Cc3cnc(NCCCN4CCCC4)nc3-c3ccccc32)cc1.O=S(=O)(Nc1ccc(C2Cc3cnc(NCCCN4CCCC4)nc3-c3ccccc32)cc1)c1ccc(C(F)(F)F)cc1Cl. The van der Waals surface area contributed by atoms with Gasteiger partial charge in [0, 0.05) is 59.8 Å². The molecule has 4 heterocycles. The van der Waals surface area contributed by atoms with Crippen molar-refractivity contribution in [3.05, 3.63) is 172 Å². The lowest BCUT2D eigenvalue weighted by atomic mass is 9.78. The van der Waals surface area contributed by atoms with Crippen LogP contribution in [0.5, 0.6) is 0 Å². The molecule has 2 saturated heterocycles. The molecule has 2 aromatic heterocycles. The molecule has 2 aliphatic carbocycles. The predicted molar refractivity (Wildman–Crippen MR) is 316 cm³/mol. The molecule has 2 aliphatic heterocycles. The molecule has 7 aromatic rings. The van der Waals surface area contributed by atoms with Gasteiger partial charge >= 0.3 is 6.18 Å². The number of fused-ring (bicyclic) bond motifs is 6. The van der Waals surface area contributed by atoms with Crippen LogP contribution < -0.4 is 20.1 Å². The molecule has 0 saturated carbocycles.